The van der Waals surface area contributed by atoms with Crippen LogP contribution in [-0.4, -0.2) is 9.97 Å². The third kappa shape index (κ3) is 5.86. The van der Waals surface area contributed by atoms with E-state index in [9.17, 15) is 4.39 Å². The van der Waals surface area contributed by atoms with E-state index in [0.717, 1.165) is 0 Å². The van der Waals surface area contributed by atoms with Gasteiger partial charge in [-0.25, -0.2) is 14.4 Å². The Hall–Kier alpha value is -4.39. The van der Waals surface area contributed by atoms with Gasteiger partial charge < -0.3 is 10.1 Å². The van der Waals surface area contributed by atoms with Gasteiger partial charge in [0.05, 0.1) is 22.2 Å². The van der Waals surface area contributed by atoms with E-state index in [1.54, 1.807) is 54.7 Å². The number of anilines is 2. The second kappa shape index (κ2) is 10.3. The Bertz CT molecular complexity index is 1410. The Morgan fingerprint density at radius 2 is 1.85 bits per heavy atom. The standard InChI is InChI=1S/C26H16ClFN4O/c27-24-13-23(9-10-25(24)33-16-20-5-2-6-22(28)12-20)32-26-21(15-30-17-31-26)8-7-18-3-1-4-19(11-18)14-29/h1-6,9-13,15,17H,16H2,(H,30,31,32). The summed E-state index contributed by atoms with van der Waals surface area (Å²) in [5.41, 5.74) is 3.23. The number of nitriles is 1. The van der Waals surface area contributed by atoms with Crippen molar-refractivity contribution < 1.29 is 9.13 Å². The molecular formula is C26H16ClFN4O. The molecule has 7 heteroatoms. The van der Waals surface area contributed by atoms with E-state index in [4.69, 9.17) is 21.6 Å². The molecule has 3 aromatic carbocycles. The van der Waals surface area contributed by atoms with E-state index in [1.165, 1.54) is 18.5 Å². The van der Waals surface area contributed by atoms with Crippen molar-refractivity contribution in [1.29, 1.82) is 5.26 Å². The van der Waals surface area contributed by atoms with Gasteiger partial charge in [0.1, 0.15) is 30.3 Å². The zero-order valence-corrected chi connectivity index (χ0v) is 18.0. The van der Waals surface area contributed by atoms with Gasteiger partial charge in [0.25, 0.3) is 0 Å². The van der Waals surface area contributed by atoms with Crippen molar-refractivity contribution in [3.63, 3.8) is 0 Å². The highest BCUT2D eigenvalue weighted by Gasteiger charge is 2.07. The van der Waals surface area contributed by atoms with Crippen LogP contribution in [0.3, 0.4) is 0 Å². The van der Waals surface area contributed by atoms with Crippen LogP contribution < -0.4 is 10.1 Å². The Morgan fingerprint density at radius 3 is 2.67 bits per heavy atom. The van der Waals surface area contributed by atoms with Crippen LogP contribution in [0.1, 0.15) is 22.3 Å². The molecule has 0 atom stereocenters. The van der Waals surface area contributed by atoms with Crippen LogP contribution in [0.5, 0.6) is 5.75 Å². The number of nitrogens with zero attached hydrogens (tertiary/aromatic N) is 3. The fraction of sp³-hybridized carbons (Fsp3) is 0.0385. The summed E-state index contributed by atoms with van der Waals surface area (Å²) in [6, 6.07) is 20.6. The predicted molar refractivity (Wildman–Crippen MR) is 125 cm³/mol. The first kappa shape index (κ1) is 21.8. The third-order valence-corrected chi connectivity index (χ3v) is 4.82. The maximum atomic E-state index is 13.3. The highest BCUT2D eigenvalue weighted by Crippen LogP contribution is 2.30. The van der Waals surface area contributed by atoms with E-state index in [-0.39, 0.29) is 12.4 Å². The SMILES string of the molecule is N#Cc1cccc(C#Cc2cncnc2Nc2ccc(OCc3cccc(F)c3)c(Cl)c2)c1. The molecule has 0 aliphatic rings. The molecule has 0 bridgehead atoms. The molecule has 0 amide bonds. The highest BCUT2D eigenvalue weighted by atomic mass is 35.5. The van der Waals surface area contributed by atoms with Gasteiger partial charge in [0.2, 0.25) is 0 Å². The van der Waals surface area contributed by atoms with Crippen LogP contribution in [0.2, 0.25) is 5.02 Å². The van der Waals surface area contributed by atoms with Crippen molar-refractivity contribution in [2.45, 2.75) is 6.61 Å². The molecule has 0 radical (unpaired) electrons. The lowest BCUT2D eigenvalue weighted by Gasteiger charge is -2.11. The number of rotatable bonds is 5. The number of hydrogen-bond acceptors (Lipinski definition) is 5. The molecular weight excluding hydrogens is 439 g/mol. The molecule has 0 spiro atoms. The number of benzene rings is 3. The Labute approximate surface area is 195 Å². The molecule has 0 fully saturated rings. The molecule has 5 nitrogen and oxygen atoms in total. The fourth-order valence-corrected chi connectivity index (χ4v) is 3.18. The van der Waals surface area contributed by atoms with E-state index < -0.39 is 0 Å². The van der Waals surface area contributed by atoms with Gasteiger partial charge in [-0.05, 0) is 54.1 Å². The van der Waals surface area contributed by atoms with Crippen molar-refractivity contribution >= 4 is 23.1 Å². The molecule has 0 aliphatic carbocycles. The van der Waals surface area contributed by atoms with Crippen LogP contribution in [0.25, 0.3) is 0 Å². The van der Waals surface area contributed by atoms with Crippen molar-refractivity contribution in [3.8, 4) is 23.7 Å². The van der Waals surface area contributed by atoms with Gasteiger partial charge in [0.15, 0.2) is 0 Å². The molecule has 1 aromatic heterocycles. The number of ether oxygens (including phenoxy) is 1. The van der Waals surface area contributed by atoms with Crippen LogP contribution >= 0.6 is 11.6 Å². The number of nitrogens with one attached hydrogen (secondary N) is 1. The van der Waals surface area contributed by atoms with Gasteiger partial charge >= 0.3 is 0 Å². The molecule has 0 unspecified atom stereocenters. The van der Waals surface area contributed by atoms with Crippen molar-refractivity contribution in [1.82, 2.24) is 9.97 Å². The van der Waals surface area contributed by atoms with E-state index in [0.29, 0.717) is 44.5 Å². The zero-order chi connectivity index (χ0) is 23.0. The van der Waals surface area contributed by atoms with Crippen LogP contribution in [0.4, 0.5) is 15.9 Å². The van der Waals surface area contributed by atoms with Crippen molar-refractivity contribution in [3.05, 3.63) is 112 Å². The summed E-state index contributed by atoms with van der Waals surface area (Å²) in [4.78, 5) is 8.31. The zero-order valence-electron chi connectivity index (χ0n) is 17.2. The average molecular weight is 455 g/mol. The number of halogens is 2. The summed E-state index contributed by atoms with van der Waals surface area (Å²) in [5, 5.41) is 12.6. The summed E-state index contributed by atoms with van der Waals surface area (Å²) in [6.45, 7) is 0.197. The molecule has 0 saturated carbocycles. The Balaban J connectivity index is 1.49. The lowest BCUT2D eigenvalue weighted by atomic mass is 10.1. The summed E-state index contributed by atoms with van der Waals surface area (Å²) >= 11 is 6.38. The molecule has 0 saturated heterocycles. The van der Waals surface area contributed by atoms with Crippen LogP contribution in [-0.2, 0) is 6.61 Å². The molecule has 33 heavy (non-hydrogen) atoms. The Kier molecular flexibility index (Phi) is 6.80. The maximum Gasteiger partial charge on any atom is 0.149 e. The normalized spacial score (nSPS) is 9.97. The minimum Gasteiger partial charge on any atom is -0.487 e. The largest absolute Gasteiger partial charge is 0.487 e. The second-order valence-corrected chi connectivity index (χ2v) is 7.32. The summed E-state index contributed by atoms with van der Waals surface area (Å²) in [6.07, 6.45) is 3.02. The third-order valence-electron chi connectivity index (χ3n) is 4.52. The van der Waals surface area contributed by atoms with Gasteiger partial charge in [0, 0.05) is 17.4 Å². The highest BCUT2D eigenvalue weighted by molar-refractivity contribution is 6.32. The molecule has 0 aliphatic heterocycles. The first-order valence-electron chi connectivity index (χ1n) is 9.87. The maximum absolute atomic E-state index is 13.3. The number of aromatic nitrogens is 2. The Morgan fingerprint density at radius 1 is 1.00 bits per heavy atom. The van der Waals surface area contributed by atoms with Crippen molar-refractivity contribution in [2.75, 3.05) is 5.32 Å². The molecule has 4 rings (SSSR count). The lowest BCUT2D eigenvalue weighted by molar-refractivity contribution is 0.306. The van der Waals surface area contributed by atoms with Crippen LogP contribution in [0.15, 0.2) is 79.3 Å². The summed E-state index contributed by atoms with van der Waals surface area (Å²) in [7, 11) is 0. The summed E-state index contributed by atoms with van der Waals surface area (Å²) < 4.78 is 19.0. The average Bonchev–Trinajstić information content (AvgIpc) is 2.83. The predicted octanol–water partition coefficient (Wildman–Crippen LogP) is 5.86. The first-order chi connectivity index (χ1) is 16.1. The quantitative estimate of drug-likeness (QED) is 0.382. The van der Waals surface area contributed by atoms with E-state index >= 15 is 0 Å². The fourth-order valence-electron chi connectivity index (χ4n) is 2.95. The topological polar surface area (TPSA) is 70.8 Å². The minimum absolute atomic E-state index is 0.197. The smallest absolute Gasteiger partial charge is 0.149 e. The minimum atomic E-state index is -0.316. The van der Waals surface area contributed by atoms with Gasteiger partial charge in [-0.15, -0.1) is 0 Å². The molecule has 1 N–H and O–H groups in total. The van der Waals surface area contributed by atoms with E-state index in [1.807, 2.05) is 6.07 Å². The van der Waals surface area contributed by atoms with Gasteiger partial charge in [-0.1, -0.05) is 41.6 Å². The van der Waals surface area contributed by atoms with Crippen LogP contribution in [0, 0.1) is 29.0 Å². The van der Waals surface area contributed by atoms with Gasteiger partial charge in [-0.2, -0.15) is 5.26 Å². The lowest BCUT2D eigenvalue weighted by Crippen LogP contribution is -1.99. The number of hydrogen-bond donors (Lipinski definition) is 1. The van der Waals surface area contributed by atoms with Gasteiger partial charge in [-0.3, -0.25) is 0 Å². The molecule has 160 valence electrons. The van der Waals surface area contributed by atoms with Crippen molar-refractivity contribution in [2.24, 2.45) is 0 Å². The first-order valence-corrected chi connectivity index (χ1v) is 10.2. The second-order valence-electron chi connectivity index (χ2n) is 6.92. The van der Waals surface area contributed by atoms with E-state index in [2.05, 4.69) is 33.2 Å². The summed E-state index contributed by atoms with van der Waals surface area (Å²) in [5.74, 6) is 6.73. The monoisotopic (exact) mass is 454 g/mol. The molecule has 4 aromatic rings. The molecule has 1 heterocycles.